The Morgan fingerprint density at radius 3 is 2.41 bits per heavy atom. The summed E-state index contributed by atoms with van der Waals surface area (Å²) in [5, 5.41) is 3.70. The van der Waals surface area contributed by atoms with Crippen LogP contribution in [-0.4, -0.2) is 36.1 Å². The molecule has 1 rings (SSSR count). The van der Waals surface area contributed by atoms with Crippen molar-refractivity contribution in [3.05, 3.63) is 0 Å². The molecule has 1 fully saturated rings. The number of hydrogen-bond acceptors (Lipinski definition) is 2. The molecule has 2 heteroatoms. The maximum absolute atomic E-state index is 3.70. The minimum absolute atomic E-state index is 0.283. The quantitative estimate of drug-likeness (QED) is 0.665. The van der Waals surface area contributed by atoms with Gasteiger partial charge in [-0.1, -0.05) is 13.8 Å². The Kier molecular flexibility index (Phi) is 5.94. The van der Waals surface area contributed by atoms with Crippen molar-refractivity contribution in [1.29, 1.82) is 0 Å². The first-order valence-electron chi connectivity index (χ1n) is 7.47. The van der Waals surface area contributed by atoms with E-state index in [1.807, 2.05) is 0 Å². The van der Waals surface area contributed by atoms with Crippen molar-refractivity contribution >= 4 is 0 Å². The standard InChI is InChI=1S/C15H32N2/c1-6-10-17(12-14-8-9-14)13(3)11-16-15(4,5)7-2/h13-14,16H,6-12H2,1-5H3. The van der Waals surface area contributed by atoms with Crippen LogP contribution in [0.3, 0.4) is 0 Å². The molecule has 1 unspecified atom stereocenters. The fourth-order valence-electron chi connectivity index (χ4n) is 2.09. The van der Waals surface area contributed by atoms with Gasteiger partial charge in [-0.3, -0.25) is 4.90 Å². The second-order valence-electron chi connectivity index (χ2n) is 6.41. The van der Waals surface area contributed by atoms with E-state index in [9.17, 15) is 0 Å². The van der Waals surface area contributed by atoms with Gasteiger partial charge in [0, 0.05) is 24.7 Å². The Hall–Kier alpha value is -0.0800. The second-order valence-corrected chi connectivity index (χ2v) is 6.41. The van der Waals surface area contributed by atoms with Gasteiger partial charge in [0.1, 0.15) is 0 Å². The molecule has 1 aliphatic rings. The van der Waals surface area contributed by atoms with Crippen LogP contribution in [0.1, 0.15) is 60.3 Å². The van der Waals surface area contributed by atoms with Crippen LogP contribution in [-0.2, 0) is 0 Å². The highest BCUT2D eigenvalue weighted by molar-refractivity contribution is 4.83. The summed E-state index contributed by atoms with van der Waals surface area (Å²) in [6, 6.07) is 0.668. The average Bonchev–Trinajstić information content (AvgIpc) is 3.09. The molecular weight excluding hydrogens is 208 g/mol. The Morgan fingerprint density at radius 2 is 1.94 bits per heavy atom. The fourth-order valence-corrected chi connectivity index (χ4v) is 2.09. The van der Waals surface area contributed by atoms with Crippen LogP contribution in [0, 0.1) is 5.92 Å². The molecule has 102 valence electrons. The van der Waals surface area contributed by atoms with Gasteiger partial charge in [-0.2, -0.15) is 0 Å². The molecule has 0 radical (unpaired) electrons. The van der Waals surface area contributed by atoms with Crippen molar-refractivity contribution in [3.63, 3.8) is 0 Å². The largest absolute Gasteiger partial charge is 0.310 e. The molecule has 0 saturated heterocycles. The van der Waals surface area contributed by atoms with Crippen LogP contribution in [0.15, 0.2) is 0 Å². The van der Waals surface area contributed by atoms with Gasteiger partial charge in [-0.15, -0.1) is 0 Å². The molecule has 2 nitrogen and oxygen atoms in total. The van der Waals surface area contributed by atoms with Gasteiger partial charge in [0.15, 0.2) is 0 Å². The Bertz CT molecular complexity index is 209. The molecule has 17 heavy (non-hydrogen) atoms. The second kappa shape index (κ2) is 6.75. The van der Waals surface area contributed by atoms with Crippen molar-refractivity contribution in [2.45, 2.75) is 71.9 Å². The van der Waals surface area contributed by atoms with E-state index in [0.29, 0.717) is 6.04 Å². The number of nitrogens with zero attached hydrogens (tertiary/aromatic N) is 1. The van der Waals surface area contributed by atoms with Crippen molar-refractivity contribution < 1.29 is 0 Å². The molecule has 0 bridgehead atoms. The van der Waals surface area contributed by atoms with Crippen LogP contribution in [0.2, 0.25) is 0 Å². The molecule has 0 spiro atoms. The molecule has 1 saturated carbocycles. The van der Waals surface area contributed by atoms with Gasteiger partial charge in [0.25, 0.3) is 0 Å². The summed E-state index contributed by atoms with van der Waals surface area (Å²) in [5.74, 6) is 1.00. The van der Waals surface area contributed by atoms with Crippen molar-refractivity contribution in [2.75, 3.05) is 19.6 Å². The Balaban J connectivity index is 2.32. The summed E-state index contributed by atoms with van der Waals surface area (Å²) in [5.41, 5.74) is 0.283. The van der Waals surface area contributed by atoms with Crippen molar-refractivity contribution in [1.82, 2.24) is 10.2 Å². The lowest BCUT2D eigenvalue weighted by Gasteiger charge is -2.33. The van der Waals surface area contributed by atoms with Gasteiger partial charge in [-0.05, 0) is 58.9 Å². The lowest BCUT2D eigenvalue weighted by Crippen LogP contribution is -2.48. The zero-order valence-electron chi connectivity index (χ0n) is 12.6. The first kappa shape index (κ1) is 15.0. The zero-order valence-corrected chi connectivity index (χ0v) is 12.6. The molecule has 1 aliphatic carbocycles. The smallest absolute Gasteiger partial charge is 0.0192 e. The minimum Gasteiger partial charge on any atom is -0.310 e. The van der Waals surface area contributed by atoms with Crippen LogP contribution in [0.4, 0.5) is 0 Å². The number of nitrogens with one attached hydrogen (secondary N) is 1. The van der Waals surface area contributed by atoms with E-state index in [2.05, 4.69) is 44.8 Å². The molecule has 0 aromatic rings. The molecule has 0 aromatic carbocycles. The van der Waals surface area contributed by atoms with Crippen molar-refractivity contribution in [3.8, 4) is 0 Å². The fraction of sp³-hybridized carbons (Fsp3) is 1.00. The van der Waals surface area contributed by atoms with E-state index in [0.717, 1.165) is 12.5 Å². The monoisotopic (exact) mass is 240 g/mol. The average molecular weight is 240 g/mol. The minimum atomic E-state index is 0.283. The molecule has 0 aliphatic heterocycles. The van der Waals surface area contributed by atoms with Gasteiger partial charge in [0.05, 0.1) is 0 Å². The van der Waals surface area contributed by atoms with Crippen LogP contribution < -0.4 is 5.32 Å². The van der Waals surface area contributed by atoms with E-state index < -0.39 is 0 Å². The molecule has 1 N–H and O–H groups in total. The third-order valence-corrected chi connectivity index (χ3v) is 4.08. The van der Waals surface area contributed by atoms with Crippen LogP contribution in [0.5, 0.6) is 0 Å². The van der Waals surface area contributed by atoms with Crippen molar-refractivity contribution in [2.24, 2.45) is 5.92 Å². The Morgan fingerprint density at radius 1 is 1.29 bits per heavy atom. The third kappa shape index (κ3) is 5.87. The predicted molar refractivity (Wildman–Crippen MR) is 76.4 cm³/mol. The normalized spacial score (nSPS) is 18.7. The van der Waals surface area contributed by atoms with E-state index >= 15 is 0 Å². The van der Waals surface area contributed by atoms with E-state index in [1.54, 1.807) is 0 Å². The van der Waals surface area contributed by atoms with Crippen LogP contribution in [0.25, 0.3) is 0 Å². The van der Waals surface area contributed by atoms with Gasteiger partial charge in [0.2, 0.25) is 0 Å². The number of rotatable bonds is 9. The summed E-state index contributed by atoms with van der Waals surface area (Å²) in [6.45, 7) is 15.2. The highest BCUT2D eigenvalue weighted by atomic mass is 15.2. The summed E-state index contributed by atoms with van der Waals surface area (Å²) >= 11 is 0. The Labute approximate surface area is 108 Å². The summed E-state index contributed by atoms with van der Waals surface area (Å²) in [6.07, 6.45) is 5.38. The van der Waals surface area contributed by atoms with Gasteiger partial charge < -0.3 is 5.32 Å². The van der Waals surface area contributed by atoms with E-state index in [4.69, 9.17) is 0 Å². The zero-order chi connectivity index (χ0) is 12.9. The lowest BCUT2D eigenvalue weighted by molar-refractivity contribution is 0.184. The molecule has 0 heterocycles. The predicted octanol–water partition coefficient (Wildman–Crippen LogP) is 3.28. The first-order valence-corrected chi connectivity index (χ1v) is 7.47. The van der Waals surface area contributed by atoms with Crippen LogP contribution >= 0.6 is 0 Å². The van der Waals surface area contributed by atoms with Gasteiger partial charge in [-0.25, -0.2) is 0 Å². The molecule has 1 atom stereocenters. The molecular formula is C15H32N2. The SMILES string of the molecule is CCCN(CC1CC1)C(C)CNC(C)(C)CC. The molecule has 0 amide bonds. The topological polar surface area (TPSA) is 15.3 Å². The molecule has 0 aromatic heterocycles. The van der Waals surface area contributed by atoms with E-state index in [-0.39, 0.29) is 5.54 Å². The van der Waals surface area contributed by atoms with E-state index in [1.165, 1.54) is 38.8 Å². The maximum atomic E-state index is 3.70. The number of hydrogen-bond donors (Lipinski definition) is 1. The first-order chi connectivity index (χ1) is 7.98. The maximum Gasteiger partial charge on any atom is 0.0192 e. The summed E-state index contributed by atoms with van der Waals surface area (Å²) in [7, 11) is 0. The highest BCUT2D eigenvalue weighted by Crippen LogP contribution is 2.30. The highest BCUT2D eigenvalue weighted by Gasteiger charge is 2.26. The van der Waals surface area contributed by atoms with Gasteiger partial charge >= 0.3 is 0 Å². The summed E-state index contributed by atoms with van der Waals surface area (Å²) in [4.78, 5) is 2.68. The third-order valence-electron chi connectivity index (χ3n) is 4.08. The lowest BCUT2D eigenvalue weighted by atomic mass is 10.0. The summed E-state index contributed by atoms with van der Waals surface area (Å²) < 4.78 is 0.